The number of hydrogen-bond acceptors (Lipinski definition) is 4. The number of oxime groups is 1. The molecule has 0 amide bonds. The third kappa shape index (κ3) is 3.07. The average Bonchev–Trinajstić information content (AvgIpc) is 2.62. The maximum atomic E-state index is 10.2. The summed E-state index contributed by atoms with van der Waals surface area (Å²) in [7, 11) is 1.87. The number of rotatable bonds is 4. The molecule has 5 nitrogen and oxygen atoms in total. The highest BCUT2D eigenvalue weighted by molar-refractivity contribution is 5.84. The summed E-state index contributed by atoms with van der Waals surface area (Å²) < 4.78 is 0. The van der Waals surface area contributed by atoms with E-state index >= 15 is 0 Å². The molecule has 1 atom stereocenters. The van der Waals surface area contributed by atoms with Crippen LogP contribution >= 0.6 is 0 Å². The van der Waals surface area contributed by atoms with Crippen molar-refractivity contribution >= 4 is 5.84 Å². The molecule has 0 aromatic heterocycles. The van der Waals surface area contributed by atoms with Crippen LogP contribution in [0.3, 0.4) is 0 Å². The lowest BCUT2D eigenvalue weighted by molar-refractivity contribution is 0.0129. The van der Waals surface area contributed by atoms with E-state index in [4.69, 9.17) is 10.9 Å². The Labute approximate surface area is 90.6 Å². The second-order valence-corrected chi connectivity index (χ2v) is 4.55. The lowest BCUT2D eigenvalue weighted by atomic mass is 10.0. The summed E-state index contributed by atoms with van der Waals surface area (Å²) in [6, 6.07) is -0.153. The van der Waals surface area contributed by atoms with Crippen LogP contribution < -0.4 is 5.73 Å². The Morgan fingerprint density at radius 3 is 2.53 bits per heavy atom. The van der Waals surface area contributed by atoms with Crippen LogP contribution in [0.2, 0.25) is 0 Å². The Morgan fingerprint density at radius 1 is 1.53 bits per heavy atom. The molecule has 5 heteroatoms. The van der Waals surface area contributed by atoms with Gasteiger partial charge in [0.2, 0.25) is 0 Å². The molecule has 1 aliphatic carbocycles. The third-order valence-corrected chi connectivity index (χ3v) is 3.28. The summed E-state index contributed by atoms with van der Waals surface area (Å²) in [5, 5.41) is 21.7. The minimum absolute atomic E-state index is 0.153. The molecule has 0 aromatic rings. The van der Waals surface area contributed by atoms with E-state index in [2.05, 4.69) is 5.16 Å². The van der Waals surface area contributed by atoms with Crippen LogP contribution in [0.5, 0.6) is 0 Å². The van der Waals surface area contributed by atoms with Gasteiger partial charge in [-0.15, -0.1) is 0 Å². The summed E-state index contributed by atoms with van der Waals surface area (Å²) in [4.78, 5) is 1.92. The quantitative estimate of drug-likeness (QED) is 0.274. The fourth-order valence-electron chi connectivity index (χ4n) is 2.10. The summed E-state index contributed by atoms with van der Waals surface area (Å²) >= 11 is 0. The third-order valence-electron chi connectivity index (χ3n) is 3.28. The molecular formula is C10H21N3O2. The summed E-state index contributed by atoms with van der Waals surface area (Å²) in [6.07, 6.45) is 3.87. The molecule has 1 rings (SSSR count). The molecule has 0 radical (unpaired) electrons. The highest BCUT2D eigenvalue weighted by atomic mass is 16.4. The first-order valence-corrected chi connectivity index (χ1v) is 5.38. The van der Waals surface area contributed by atoms with Crippen molar-refractivity contribution in [2.24, 2.45) is 10.9 Å². The Kier molecular flexibility index (Phi) is 3.93. The fourth-order valence-corrected chi connectivity index (χ4v) is 2.10. The molecule has 1 fully saturated rings. The van der Waals surface area contributed by atoms with Gasteiger partial charge in [-0.25, -0.2) is 0 Å². The van der Waals surface area contributed by atoms with E-state index in [0.29, 0.717) is 6.54 Å². The Bertz CT molecular complexity index is 237. The van der Waals surface area contributed by atoms with Gasteiger partial charge in [0.1, 0.15) is 0 Å². The van der Waals surface area contributed by atoms with Gasteiger partial charge >= 0.3 is 0 Å². The van der Waals surface area contributed by atoms with Crippen molar-refractivity contribution in [3.63, 3.8) is 0 Å². The largest absolute Gasteiger partial charge is 0.409 e. The lowest BCUT2D eigenvalue weighted by Crippen LogP contribution is -2.47. The van der Waals surface area contributed by atoms with Gasteiger partial charge in [0, 0.05) is 6.54 Å². The van der Waals surface area contributed by atoms with Gasteiger partial charge in [-0.05, 0) is 26.8 Å². The van der Waals surface area contributed by atoms with Crippen LogP contribution in [0.1, 0.15) is 32.6 Å². The van der Waals surface area contributed by atoms with Crippen LogP contribution in [-0.2, 0) is 0 Å². The van der Waals surface area contributed by atoms with E-state index < -0.39 is 5.60 Å². The predicted molar refractivity (Wildman–Crippen MR) is 58.9 cm³/mol. The zero-order valence-corrected chi connectivity index (χ0v) is 9.48. The number of nitrogens with zero attached hydrogens (tertiary/aromatic N) is 2. The van der Waals surface area contributed by atoms with Gasteiger partial charge < -0.3 is 16.0 Å². The minimum Gasteiger partial charge on any atom is -0.409 e. The molecule has 1 aliphatic rings. The first-order chi connectivity index (χ1) is 6.98. The number of amidine groups is 1. The van der Waals surface area contributed by atoms with Crippen molar-refractivity contribution in [2.75, 3.05) is 13.6 Å². The van der Waals surface area contributed by atoms with Crippen molar-refractivity contribution in [1.82, 2.24) is 4.90 Å². The van der Waals surface area contributed by atoms with Crippen LogP contribution in [0.25, 0.3) is 0 Å². The van der Waals surface area contributed by atoms with Crippen molar-refractivity contribution in [1.29, 1.82) is 0 Å². The number of aliphatic hydroxyl groups is 1. The monoisotopic (exact) mass is 215 g/mol. The van der Waals surface area contributed by atoms with Crippen LogP contribution in [0.4, 0.5) is 0 Å². The van der Waals surface area contributed by atoms with Gasteiger partial charge in [0.15, 0.2) is 5.84 Å². The van der Waals surface area contributed by atoms with Gasteiger partial charge in [0.25, 0.3) is 0 Å². The van der Waals surface area contributed by atoms with Crippen molar-refractivity contribution in [3.8, 4) is 0 Å². The fraction of sp³-hybridized carbons (Fsp3) is 0.900. The van der Waals surface area contributed by atoms with Gasteiger partial charge in [-0.1, -0.05) is 18.0 Å². The maximum Gasteiger partial charge on any atom is 0.156 e. The molecule has 15 heavy (non-hydrogen) atoms. The standard InChI is InChI=1S/C10H21N3O2/c1-8(9(11)12-15)13(2)7-10(14)5-3-4-6-10/h8,14-15H,3-7H2,1-2H3,(H2,11,12). The van der Waals surface area contributed by atoms with Crippen LogP contribution in [0.15, 0.2) is 5.16 Å². The summed E-state index contributed by atoms with van der Waals surface area (Å²) in [5.41, 5.74) is 4.93. The van der Waals surface area contributed by atoms with Crippen molar-refractivity contribution in [3.05, 3.63) is 0 Å². The minimum atomic E-state index is -0.585. The van der Waals surface area contributed by atoms with E-state index in [0.717, 1.165) is 25.7 Å². The zero-order chi connectivity index (χ0) is 11.5. The number of hydrogen-bond donors (Lipinski definition) is 3. The highest BCUT2D eigenvalue weighted by Crippen LogP contribution is 2.30. The normalized spacial score (nSPS) is 23.3. The first-order valence-electron chi connectivity index (χ1n) is 5.38. The van der Waals surface area contributed by atoms with E-state index in [1.165, 1.54) is 0 Å². The molecule has 0 heterocycles. The summed E-state index contributed by atoms with van der Waals surface area (Å²) in [5.74, 6) is 0.180. The Hall–Kier alpha value is -0.810. The number of nitrogens with two attached hydrogens (primary N) is 1. The molecule has 1 unspecified atom stereocenters. The molecule has 0 bridgehead atoms. The first kappa shape index (κ1) is 12.3. The SMILES string of the molecule is CC(C(N)=NO)N(C)CC1(O)CCCC1. The molecule has 0 saturated heterocycles. The smallest absolute Gasteiger partial charge is 0.156 e. The topological polar surface area (TPSA) is 82.1 Å². The Morgan fingerprint density at radius 2 is 2.07 bits per heavy atom. The maximum absolute atomic E-state index is 10.2. The lowest BCUT2D eigenvalue weighted by Gasteiger charge is -2.31. The second-order valence-electron chi connectivity index (χ2n) is 4.55. The zero-order valence-electron chi connectivity index (χ0n) is 9.48. The second kappa shape index (κ2) is 4.81. The van der Waals surface area contributed by atoms with Gasteiger partial charge in [-0.2, -0.15) is 0 Å². The van der Waals surface area contributed by atoms with Gasteiger partial charge in [-0.3, -0.25) is 4.90 Å². The summed E-state index contributed by atoms with van der Waals surface area (Å²) in [6.45, 7) is 2.43. The highest BCUT2D eigenvalue weighted by Gasteiger charge is 2.33. The van der Waals surface area contributed by atoms with E-state index in [-0.39, 0.29) is 11.9 Å². The molecule has 0 aromatic carbocycles. The number of likely N-dealkylation sites (N-methyl/N-ethyl adjacent to an activating group) is 1. The van der Waals surface area contributed by atoms with Crippen LogP contribution in [0, 0.1) is 0 Å². The average molecular weight is 215 g/mol. The van der Waals surface area contributed by atoms with E-state index in [1.807, 2.05) is 18.9 Å². The van der Waals surface area contributed by atoms with Crippen LogP contribution in [-0.4, -0.2) is 46.3 Å². The van der Waals surface area contributed by atoms with Gasteiger partial charge in [0.05, 0.1) is 11.6 Å². The van der Waals surface area contributed by atoms with Crippen molar-refractivity contribution in [2.45, 2.75) is 44.2 Å². The van der Waals surface area contributed by atoms with E-state index in [1.54, 1.807) is 0 Å². The molecular weight excluding hydrogens is 194 g/mol. The molecule has 0 spiro atoms. The molecule has 1 saturated carbocycles. The molecule has 88 valence electrons. The molecule has 0 aliphatic heterocycles. The van der Waals surface area contributed by atoms with E-state index in [9.17, 15) is 5.11 Å². The van der Waals surface area contributed by atoms with Crippen molar-refractivity contribution < 1.29 is 10.3 Å². The molecule has 4 N–H and O–H groups in total. The Balaban J connectivity index is 2.50. The predicted octanol–water partition coefficient (Wildman–Crippen LogP) is 0.358.